The van der Waals surface area contributed by atoms with Crippen molar-refractivity contribution in [2.24, 2.45) is 4.99 Å². The molecule has 0 spiro atoms. The number of aliphatic hydroxyl groups is 1. The molecule has 0 saturated carbocycles. The fourth-order valence-corrected chi connectivity index (χ4v) is 5.10. The maximum Gasteiger partial charge on any atom is 0.174 e. The standard InChI is InChI=1S/C28H39N7O2S/c1-5-35(14-13-34(4)15-16-36)19-22-7-6-8-23(17-22)20-37-21-31-24(9-11-29)27(33(2)3)28-32-25-18-30-12-10-26(25)38-28/h6-8,10-12,17-18,21,29,36H,5,9,13-16,19-20H2,1-4H3/b27-24-,29-11?,31-21?. The first-order valence-corrected chi connectivity index (χ1v) is 13.6. The monoisotopic (exact) mass is 537 g/mol. The smallest absolute Gasteiger partial charge is 0.174 e. The van der Waals surface area contributed by atoms with Crippen LogP contribution < -0.4 is 0 Å². The highest BCUT2D eigenvalue weighted by Crippen LogP contribution is 2.30. The zero-order chi connectivity index (χ0) is 27.3. The van der Waals surface area contributed by atoms with Crippen molar-refractivity contribution in [3.05, 3.63) is 64.6 Å². The number of likely N-dealkylation sites (N-methyl/N-ethyl adjacent to an activating group) is 2. The minimum Gasteiger partial charge on any atom is -0.478 e. The first kappa shape index (κ1) is 29.4. The van der Waals surface area contributed by atoms with Gasteiger partial charge in [0.1, 0.15) is 17.1 Å². The van der Waals surface area contributed by atoms with Gasteiger partial charge in [0.2, 0.25) is 0 Å². The Kier molecular flexibility index (Phi) is 11.8. The average Bonchev–Trinajstić information content (AvgIpc) is 3.33. The maximum atomic E-state index is 9.11. The van der Waals surface area contributed by atoms with Crippen molar-refractivity contribution >= 4 is 39.9 Å². The lowest BCUT2D eigenvalue weighted by Crippen LogP contribution is -2.34. The van der Waals surface area contributed by atoms with Crippen LogP contribution >= 0.6 is 11.3 Å². The molecule has 10 heteroatoms. The minimum atomic E-state index is 0.183. The number of pyridine rings is 1. The third-order valence-corrected chi connectivity index (χ3v) is 7.11. The summed E-state index contributed by atoms with van der Waals surface area (Å²) in [7, 11) is 5.94. The van der Waals surface area contributed by atoms with Crippen molar-refractivity contribution in [1.29, 1.82) is 5.41 Å². The number of aliphatic hydroxyl groups excluding tert-OH is 1. The molecule has 0 fully saturated rings. The molecular formula is C28H39N7O2S. The molecule has 38 heavy (non-hydrogen) atoms. The zero-order valence-electron chi connectivity index (χ0n) is 22.8. The van der Waals surface area contributed by atoms with Crippen molar-refractivity contribution in [3.8, 4) is 0 Å². The van der Waals surface area contributed by atoms with E-state index in [2.05, 4.69) is 51.0 Å². The van der Waals surface area contributed by atoms with Gasteiger partial charge in [0.05, 0.1) is 28.9 Å². The number of hydrogen-bond donors (Lipinski definition) is 2. The summed E-state index contributed by atoms with van der Waals surface area (Å²) in [6, 6.07) is 10.4. The van der Waals surface area contributed by atoms with Crippen LogP contribution in [0.3, 0.4) is 0 Å². The van der Waals surface area contributed by atoms with Crippen LogP contribution in [0, 0.1) is 5.41 Å². The predicted molar refractivity (Wildman–Crippen MR) is 157 cm³/mol. The number of hydrogen-bond acceptors (Lipinski definition) is 10. The van der Waals surface area contributed by atoms with E-state index in [1.165, 1.54) is 18.2 Å². The molecule has 204 valence electrons. The van der Waals surface area contributed by atoms with E-state index in [0.717, 1.165) is 58.4 Å². The summed E-state index contributed by atoms with van der Waals surface area (Å²) in [6.07, 6.45) is 6.71. The molecular weight excluding hydrogens is 498 g/mol. The van der Waals surface area contributed by atoms with Gasteiger partial charge in [0.25, 0.3) is 0 Å². The number of thiazole rings is 1. The van der Waals surface area contributed by atoms with E-state index in [1.54, 1.807) is 23.7 Å². The molecule has 9 nitrogen and oxygen atoms in total. The van der Waals surface area contributed by atoms with Gasteiger partial charge in [-0.1, -0.05) is 31.2 Å². The molecule has 0 atom stereocenters. The van der Waals surface area contributed by atoms with Crippen LogP contribution in [0.1, 0.15) is 29.5 Å². The highest BCUT2D eigenvalue weighted by atomic mass is 32.1. The Labute approximate surface area is 229 Å². The second-order valence-corrected chi connectivity index (χ2v) is 10.3. The van der Waals surface area contributed by atoms with Crippen LogP contribution in [0.4, 0.5) is 0 Å². The SMILES string of the molecule is CCN(CCN(C)CCO)Cc1cccc(COC=N/C(CC=N)=C(/c2nc3cnccc3s2)N(C)C)c1. The number of aromatic nitrogens is 2. The summed E-state index contributed by atoms with van der Waals surface area (Å²) in [6.45, 7) is 7.14. The average molecular weight is 538 g/mol. The lowest BCUT2D eigenvalue weighted by molar-refractivity contribution is 0.190. The zero-order valence-corrected chi connectivity index (χ0v) is 23.6. The first-order chi connectivity index (χ1) is 18.4. The number of allylic oxidation sites excluding steroid dienone is 1. The van der Waals surface area contributed by atoms with E-state index in [1.807, 2.05) is 32.1 Å². The molecule has 2 N–H and O–H groups in total. The van der Waals surface area contributed by atoms with Crippen LogP contribution in [0.15, 0.2) is 53.4 Å². The van der Waals surface area contributed by atoms with Crippen molar-refractivity contribution in [1.82, 2.24) is 24.7 Å². The first-order valence-electron chi connectivity index (χ1n) is 12.8. The van der Waals surface area contributed by atoms with Gasteiger partial charge in [-0.2, -0.15) is 0 Å². The summed E-state index contributed by atoms with van der Waals surface area (Å²) < 4.78 is 6.88. The molecule has 0 bridgehead atoms. The normalized spacial score (nSPS) is 12.5. The lowest BCUT2D eigenvalue weighted by Gasteiger charge is -2.24. The molecule has 1 aromatic carbocycles. The van der Waals surface area contributed by atoms with Crippen molar-refractivity contribution in [3.63, 3.8) is 0 Å². The molecule has 3 aromatic rings. The third kappa shape index (κ3) is 8.70. The van der Waals surface area contributed by atoms with Crippen molar-refractivity contribution in [2.75, 3.05) is 53.9 Å². The quantitative estimate of drug-likeness (QED) is 0.211. The van der Waals surface area contributed by atoms with Gasteiger partial charge in [-0.25, -0.2) is 9.98 Å². The molecule has 3 rings (SSSR count). The van der Waals surface area contributed by atoms with E-state index in [-0.39, 0.29) is 6.61 Å². The number of rotatable bonds is 16. The summed E-state index contributed by atoms with van der Waals surface area (Å²) >= 11 is 1.58. The summed E-state index contributed by atoms with van der Waals surface area (Å²) in [5.74, 6) is 0. The fraction of sp³-hybridized carbons (Fsp3) is 0.429. The topological polar surface area (TPSA) is 101 Å². The van der Waals surface area contributed by atoms with E-state index in [4.69, 9.17) is 20.2 Å². The number of nitrogens with zero attached hydrogens (tertiary/aromatic N) is 6. The fourth-order valence-electron chi connectivity index (χ4n) is 4.02. The van der Waals surface area contributed by atoms with Gasteiger partial charge in [-0.15, -0.1) is 11.3 Å². The van der Waals surface area contributed by atoms with Gasteiger partial charge >= 0.3 is 0 Å². The third-order valence-electron chi connectivity index (χ3n) is 6.07. The second-order valence-electron chi connectivity index (χ2n) is 9.22. The highest BCUT2D eigenvalue weighted by Gasteiger charge is 2.16. The Hall–Kier alpha value is -3.18. The summed E-state index contributed by atoms with van der Waals surface area (Å²) in [4.78, 5) is 20.0. The molecule has 0 radical (unpaired) electrons. The molecule has 0 unspecified atom stereocenters. The van der Waals surface area contributed by atoms with Gasteiger partial charge in [0, 0.05) is 59.1 Å². The van der Waals surface area contributed by atoms with E-state index < -0.39 is 0 Å². The maximum absolute atomic E-state index is 9.11. The molecule has 0 aliphatic rings. The minimum absolute atomic E-state index is 0.183. The second kappa shape index (κ2) is 15.3. The number of ether oxygens (including phenoxy) is 1. The molecule has 0 saturated heterocycles. The molecule has 0 aliphatic carbocycles. The number of aliphatic imine (C=N–C) groups is 1. The van der Waals surface area contributed by atoms with Crippen molar-refractivity contribution in [2.45, 2.75) is 26.5 Å². The lowest BCUT2D eigenvalue weighted by atomic mass is 10.1. The van der Waals surface area contributed by atoms with E-state index in [0.29, 0.717) is 19.6 Å². The van der Waals surface area contributed by atoms with Crippen LogP contribution in [0.5, 0.6) is 0 Å². The van der Waals surface area contributed by atoms with Crippen LogP contribution in [-0.4, -0.2) is 96.3 Å². The summed E-state index contributed by atoms with van der Waals surface area (Å²) in [5, 5.41) is 17.6. The Morgan fingerprint density at radius 3 is 2.68 bits per heavy atom. The molecule has 0 aliphatic heterocycles. The largest absolute Gasteiger partial charge is 0.478 e. The van der Waals surface area contributed by atoms with E-state index in [9.17, 15) is 0 Å². The highest BCUT2D eigenvalue weighted by molar-refractivity contribution is 7.19. The number of fused-ring (bicyclic) bond motifs is 1. The number of nitrogens with one attached hydrogen (secondary N) is 1. The molecule has 2 aromatic heterocycles. The van der Waals surface area contributed by atoms with Gasteiger partial charge in [0.15, 0.2) is 6.40 Å². The van der Waals surface area contributed by atoms with E-state index >= 15 is 0 Å². The Morgan fingerprint density at radius 1 is 1.16 bits per heavy atom. The van der Waals surface area contributed by atoms with Crippen LogP contribution in [-0.2, 0) is 17.9 Å². The Balaban J connectivity index is 1.66. The number of benzene rings is 1. The van der Waals surface area contributed by atoms with Crippen LogP contribution in [0.25, 0.3) is 15.9 Å². The molecule has 2 heterocycles. The van der Waals surface area contributed by atoms with Gasteiger partial charge in [-0.3, -0.25) is 9.88 Å². The Morgan fingerprint density at radius 2 is 1.97 bits per heavy atom. The summed E-state index contributed by atoms with van der Waals surface area (Å²) in [5.41, 5.74) is 4.74. The van der Waals surface area contributed by atoms with Crippen molar-refractivity contribution < 1.29 is 9.84 Å². The van der Waals surface area contributed by atoms with Gasteiger partial charge in [-0.05, 0) is 30.8 Å². The van der Waals surface area contributed by atoms with Crippen LogP contribution in [0.2, 0.25) is 0 Å². The molecule has 0 amide bonds. The van der Waals surface area contributed by atoms with Gasteiger partial charge < -0.3 is 25.1 Å². The Bertz CT molecular complexity index is 1190. The predicted octanol–water partition coefficient (Wildman–Crippen LogP) is 3.95.